The fraction of sp³-hybridized carbons (Fsp3) is 0.381. The largest absolute Gasteiger partial charge is 0.471 e. The van der Waals surface area contributed by atoms with Crippen molar-refractivity contribution in [2.75, 3.05) is 25.1 Å². The molecule has 0 spiro atoms. The normalized spacial score (nSPS) is 19.1. The summed E-state index contributed by atoms with van der Waals surface area (Å²) in [6, 6.07) is 7.74. The first-order chi connectivity index (χ1) is 14.6. The molecule has 0 saturated carbocycles. The van der Waals surface area contributed by atoms with Crippen molar-refractivity contribution in [2.24, 2.45) is 0 Å². The number of benzene rings is 1. The molecule has 1 aromatic heterocycles. The zero-order valence-corrected chi connectivity index (χ0v) is 16.9. The van der Waals surface area contributed by atoms with Crippen LogP contribution in [-0.2, 0) is 9.53 Å². The fourth-order valence-corrected chi connectivity index (χ4v) is 3.72. The minimum absolute atomic E-state index is 0.0634. The molecule has 2 unspecified atom stereocenters. The van der Waals surface area contributed by atoms with Gasteiger partial charge < -0.3 is 15.0 Å². The maximum Gasteiger partial charge on any atom is 0.471 e. The highest BCUT2D eigenvalue weighted by molar-refractivity contribution is 5.90. The maximum absolute atomic E-state index is 13.3. The van der Waals surface area contributed by atoms with Crippen molar-refractivity contribution in [1.82, 2.24) is 10.3 Å². The second kappa shape index (κ2) is 8.91. The first kappa shape index (κ1) is 22.5. The van der Waals surface area contributed by atoms with Gasteiger partial charge in [-0.05, 0) is 43.2 Å². The topological polar surface area (TPSA) is 71.5 Å². The highest BCUT2D eigenvalue weighted by Crippen LogP contribution is 2.31. The van der Waals surface area contributed by atoms with E-state index in [-0.39, 0.29) is 12.1 Å². The van der Waals surface area contributed by atoms with Crippen molar-refractivity contribution in [3.8, 4) is 0 Å². The first-order valence-electron chi connectivity index (χ1n) is 9.54. The lowest BCUT2D eigenvalue weighted by atomic mass is 9.85. The molecule has 0 aliphatic carbocycles. The van der Waals surface area contributed by atoms with Crippen molar-refractivity contribution in [1.29, 1.82) is 0 Å². The number of piperidine rings is 1. The van der Waals surface area contributed by atoms with Gasteiger partial charge in [0.2, 0.25) is 0 Å². The highest BCUT2D eigenvalue weighted by Gasteiger charge is 2.42. The first-order valence-corrected chi connectivity index (χ1v) is 9.54. The lowest BCUT2D eigenvalue weighted by molar-refractivity contribution is -0.174. The van der Waals surface area contributed by atoms with Crippen LogP contribution in [0.5, 0.6) is 0 Å². The summed E-state index contributed by atoms with van der Waals surface area (Å²) >= 11 is 0. The van der Waals surface area contributed by atoms with Crippen molar-refractivity contribution >= 4 is 17.7 Å². The number of pyridine rings is 1. The molecule has 2 atom stereocenters. The van der Waals surface area contributed by atoms with Gasteiger partial charge in [0.25, 0.3) is 0 Å². The molecular formula is C21H21F4N3O3. The third-order valence-electron chi connectivity index (χ3n) is 5.29. The Morgan fingerprint density at radius 3 is 2.42 bits per heavy atom. The summed E-state index contributed by atoms with van der Waals surface area (Å²) in [5.74, 6) is -2.99. The number of ether oxygens (including phenoxy) is 1. The monoisotopic (exact) mass is 439 g/mol. The van der Waals surface area contributed by atoms with Gasteiger partial charge in [-0.15, -0.1) is 0 Å². The summed E-state index contributed by atoms with van der Waals surface area (Å²) < 4.78 is 56.6. The number of aryl methyl sites for hydroxylation is 1. The van der Waals surface area contributed by atoms with Crippen molar-refractivity contribution < 1.29 is 31.9 Å². The number of hydrogen-bond donors (Lipinski definition) is 1. The van der Waals surface area contributed by atoms with E-state index in [1.807, 2.05) is 0 Å². The molecule has 3 rings (SSSR count). The Morgan fingerprint density at radius 2 is 1.84 bits per heavy atom. The SMILES string of the molecule is COC(=O)c1ccc(N2CCC(c3ccc(F)cc3)C(NC(=O)C(F)(F)F)C2)nc1C. The lowest BCUT2D eigenvalue weighted by Gasteiger charge is -2.40. The molecule has 166 valence electrons. The number of carbonyl (C=O) groups is 2. The number of amides is 1. The van der Waals surface area contributed by atoms with Crippen LogP contribution in [-0.4, -0.2) is 49.3 Å². The number of anilines is 1. The van der Waals surface area contributed by atoms with E-state index in [9.17, 15) is 27.2 Å². The van der Waals surface area contributed by atoms with Gasteiger partial charge in [0, 0.05) is 19.0 Å². The number of rotatable bonds is 4. The third-order valence-corrected chi connectivity index (χ3v) is 5.29. The van der Waals surface area contributed by atoms with Crippen LogP contribution in [0.2, 0.25) is 0 Å². The van der Waals surface area contributed by atoms with Gasteiger partial charge in [0.1, 0.15) is 11.6 Å². The molecule has 1 aromatic carbocycles. The van der Waals surface area contributed by atoms with Gasteiger partial charge in [-0.1, -0.05) is 12.1 Å². The Labute approximate surface area is 176 Å². The van der Waals surface area contributed by atoms with E-state index in [0.717, 1.165) is 0 Å². The van der Waals surface area contributed by atoms with Crippen LogP contribution >= 0.6 is 0 Å². The summed E-state index contributed by atoms with van der Waals surface area (Å²) in [5.41, 5.74) is 1.34. The van der Waals surface area contributed by atoms with Gasteiger partial charge in [0.05, 0.1) is 24.4 Å². The van der Waals surface area contributed by atoms with Crippen LogP contribution in [0.3, 0.4) is 0 Å². The molecule has 0 radical (unpaired) electrons. The van der Waals surface area contributed by atoms with Crippen LogP contribution in [0, 0.1) is 12.7 Å². The standard InChI is InChI=1S/C21H21F4N3O3/c1-12-15(19(29)31-2)7-8-18(26-12)28-10-9-16(13-3-5-14(22)6-4-13)17(11-28)27-20(30)21(23,24)25/h3-8,16-17H,9-11H2,1-2H3,(H,27,30). The molecule has 1 aliphatic heterocycles. The number of nitrogens with zero attached hydrogens (tertiary/aromatic N) is 2. The zero-order chi connectivity index (χ0) is 22.8. The van der Waals surface area contributed by atoms with Crippen molar-refractivity contribution in [3.05, 3.63) is 59.0 Å². The third kappa shape index (κ3) is 5.12. The van der Waals surface area contributed by atoms with E-state index in [2.05, 4.69) is 10.3 Å². The lowest BCUT2D eigenvalue weighted by Crippen LogP contribution is -2.54. The van der Waals surface area contributed by atoms with E-state index < -0.39 is 35.8 Å². The number of methoxy groups -OCH3 is 1. The molecular weight excluding hydrogens is 418 g/mol. The van der Waals surface area contributed by atoms with Crippen LogP contribution in [0.15, 0.2) is 36.4 Å². The number of alkyl halides is 3. The molecule has 10 heteroatoms. The van der Waals surface area contributed by atoms with E-state index in [1.165, 1.54) is 31.4 Å². The van der Waals surface area contributed by atoms with Crippen molar-refractivity contribution in [2.45, 2.75) is 31.5 Å². The molecule has 0 bridgehead atoms. The Balaban J connectivity index is 1.86. The van der Waals surface area contributed by atoms with Crippen molar-refractivity contribution in [3.63, 3.8) is 0 Å². The van der Waals surface area contributed by atoms with Gasteiger partial charge in [0.15, 0.2) is 0 Å². The molecule has 1 N–H and O–H groups in total. The highest BCUT2D eigenvalue weighted by atomic mass is 19.4. The van der Waals surface area contributed by atoms with Crippen LogP contribution < -0.4 is 10.2 Å². The maximum atomic E-state index is 13.3. The molecule has 1 amide bonds. The number of nitrogens with one attached hydrogen (secondary N) is 1. The number of hydrogen-bond acceptors (Lipinski definition) is 5. The van der Waals surface area contributed by atoms with E-state index in [4.69, 9.17) is 4.74 Å². The minimum atomic E-state index is -5.02. The van der Waals surface area contributed by atoms with Gasteiger partial charge >= 0.3 is 18.1 Å². The average Bonchev–Trinajstić information content (AvgIpc) is 2.73. The molecule has 31 heavy (non-hydrogen) atoms. The summed E-state index contributed by atoms with van der Waals surface area (Å²) in [7, 11) is 1.25. The minimum Gasteiger partial charge on any atom is -0.465 e. The van der Waals surface area contributed by atoms with Gasteiger partial charge in [-0.3, -0.25) is 4.79 Å². The summed E-state index contributed by atoms with van der Waals surface area (Å²) in [6.07, 6.45) is -4.61. The van der Waals surface area contributed by atoms with E-state index in [1.54, 1.807) is 24.0 Å². The second-order valence-corrected chi connectivity index (χ2v) is 7.26. The quantitative estimate of drug-likeness (QED) is 0.585. The van der Waals surface area contributed by atoms with Gasteiger partial charge in [-0.25, -0.2) is 14.2 Å². The number of aromatic nitrogens is 1. The van der Waals surface area contributed by atoms with Gasteiger partial charge in [-0.2, -0.15) is 13.2 Å². The number of halogens is 4. The Kier molecular flexibility index (Phi) is 6.47. The molecule has 2 heterocycles. The molecule has 1 saturated heterocycles. The number of carbonyl (C=O) groups excluding carboxylic acids is 2. The predicted molar refractivity (Wildman–Crippen MR) is 104 cm³/mol. The summed E-state index contributed by atoms with van der Waals surface area (Å²) in [6.45, 7) is 2.14. The van der Waals surface area contributed by atoms with E-state index >= 15 is 0 Å². The number of esters is 1. The Bertz CT molecular complexity index is 963. The second-order valence-electron chi connectivity index (χ2n) is 7.26. The Hall–Kier alpha value is -3.17. The average molecular weight is 439 g/mol. The smallest absolute Gasteiger partial charge is 0.465 e. The van der Waals surface area contributed by atoms with Crippen LogP contribution in [0.1, 0.15) is 34.0 Å². The zero-order valence-electron chi connectivity index (χ0n) is 16.9. The Morgan fingerprint density at radius 1 is 1.16 bits per heavy atom. The molecule has 1 aliphatic rings. The fourth-order valence-electron chi connectivity index (χ4n) is 3.72. The molecule has 1 fully saturated rings. The van der Waals surface area contributed by atoms with E-state index in [0.29, 0.717) is 30.0 Å². The van der Waals surface area contributed by atoms with Crippen LogP contribution in [0.25, 0.3) is 0 Å². The summed E-state index contributed by atoms with van der Waals surface area (Å²) in [5, 5.41) is 2.07. The molecule has 2 aromatic rings. The molecule has 6 nitrogen and oxygen atoms in total. The summed E-state index contributed by atoms with van der Waals surface area (Å²) in [4.78, 5) is 29.5. The van der Waals surface area contributed by atoms with Crippen LogP contribution in [0.4, 0.5) is 23.4 Å². The predicted octanol–water partition coefficient (Wildman–Crippen LogP) is 3.36.